The van der Waals surface area contributed by atoms with Crippen LogP contribution in [-0.2, 0) is 0 Å². The van der Waals surface area contributed by atoms with E-state index >= 15 is 0 Å². The first-order valence-electron chi connectivity index (χ1n) is 9.05. The van der Waals surface area contributed by atoms with Gasteiger partial charge in [-0.05, 0) is 85.4 Å². The van der Waals surface area contributed by atoms with Crippen LogP contribution >= 0.6 is 0 Å². The number of allylic oxidation sites excluding steroid dienone is 1. The van der Waals surface area contributed by atoms with Gasteiger partial charge in [0.15, 0.2) is 0 Å². The molecule has 0 amide bonds. The van der Waals surface area contributed by atoms with Gasteiger partial charge >= 0.3 is 0 Å². The highest BCUT2D eigenvalue weighted by molar-refractivity contribution is 5.22. The lowest BCUT2D eigenvalue weighted by Gasteiger charge is -2.64. The first kappa shape index (κ1) is 13.4. The molecule has 2 bridgehead atoms. The molecule has 0 aliphatic heterocycles. The molecule has 4 saturated carbocycles. The molecule has 4 aliphatic carbocycles. The second-order valence-corrected chi connectivity index (χ2v) is 9.67. The first-order valence-corrected chi connectivity index (χ1v) is 9.05. The van der Waals surface area contributed by atoms with Crippen molar-refractivity contribution in [2.45, 2.75) is 78.6 Å². The maximum atomic E-state index is 4.44. The first-order chi connectivity index (χ1) is 9.37. The molecule has 0 nitrogen and oxygen atoms in total. The molecule has 112 valence electrons. The van der Waals surface area contributed by atoms with Crippen LogP contribution in [0.4, 0.5) is 0 Å². The Labute approximate surface area is 125 Å². The fraction of sp³-hybridized carbons (Fsp3) is 0.900. The summed E-state index contributed by atoms with van der Waals surface area (Å²) in [5.41, 5.74) is 3.51. The second-order valence-electron chi connectivity index (χ2n) is 9.67. The zero-order valence-corrected chi connectivity index (χ0v) is 13.8. The zero-order valence-electron chi connectivity index (χ0n) is 13.8. The lowest BCUT2D eigenvalue weighted by Crippen LogP contribution is -2.55. The smallest absolute Gasteiger partial charge is 0.0200 e. The molecule has 4 fully saturated rings. The molecule has 4 aliphatic rings. The molecule has 0 aromatic heterocycles. The molecule has 5 atom stereocenters. The molecule has 1 spiro atoms. The van der Waals surface area contributed by atoms with Crippen molar-refractivity contribution in [1.29, 1.82) is 0 Å². The van der Waals surface area contributed by atoms with Crippen molar-refractivity contribution >= 4 is 0 Å². The molecular formula is C20H32. The SMILES string of the molecule is C=C1C[C@]23CC[C@H]4C(C)(C)CCC[C@]4(C)[C@@H]2CC[C@H]1C3. The Morgan fingerprint density at radius 1 is 0.950 bits per heavy atom. The molecule has 4 rings (SSSR count). The maximum Gasteiger partial charge on any atom is -0.0200 e. The predicted molar refractivity (Wildman–Crippen MR) is 85.5 cm³/mol. The monoisotopic (exact) mass is 272 g/mol. The molecule has 0 N–H and O–H groups in total. The zero-order chi connectivity index (χ0) is 14.2. The number of fused-ring (bicyclic) bond motifs is 3. The fourth-order valence-corrected chi connectivity index (χ4v) is 7.68. The highest BCUT2D eigenvalue weighted by Crippen LogP contribution is 2.72. The molecule has 0 unspecified atom stereocenters. The van der Waals surface area contributed by atoms with Gasteiger partial charge < -0.3 is 0 Å². The maximum absolute atomic E-state index is 4.44. The van der Waals surface area contributed by atoms with E-state index in [0.717, 1.165) is 17.8 Å². The van der Waals surface area contributed by atoms with Crippen LogP contribution in [0.1, 0.15) is 78.6 Å². The van der Waals surface area contributed by atoms with E-state index in [9.17, 15) is 0 Å². The predicted octanol–water partition coefficient (Wildman–Crippen LogP) is 5.98. The molecule has 0 aromatic rings. The Bertz CT molecular complexity index is 445. The van der Waals surface area contributed by atoms with Crippen LogP contribution in [0, 0.1) is 34.0 Å². The van der Waals surface area contributed by atoms with Crippen molar-refractivity contribution in [3.8, 4) is 0 Å². The quantitative estimate of drug-likeness (QED) is 0.476. The molecule has 0 aromatic carbocycles. The van der Waals surface area contributed by atoms with Crippen molar-refractivity contribution in [3.05, 3.63) is 12.2 Å². The van der Waals surface area contributed by atoms with E-state index in [1.165, 1.54) is 57.8 Å². The second kappa shape index (κ2) is 3.93. The Balaban J connectivity index is 1.74. The summed E-state index contributed by atoms with van der Waals surface area (Å²) in [5, 5.41) is 0. The van der Waals surface area contributed by atoms with Crippen molar-refractivity contribution in [3.63, 3.8) is 0 Å². The average Bonchev–Trinajstić information content (AvgIpc) is 2.58. The van der Waals surface area contributed by atoms with E-state index in [4.69, 9.17) is 0 Å². The van der Waals surface area contributed by atoms with Gasteiger partial charge in [-0.3, -0.25) is 0 Å². The Morgan fingerprint density at radius 2 is 1.75 bits per heavy atom. The van der Waals surface area contributed by atoms with Gasteiger partial charge in [0.25, 0.3) is 0 Å². The summed E-state index contributed by atoms with van der Waals surface area (Å²) in [6.45, 7) is 12.2. The molecular weight excluding hydrogens is 240 g/mol. The summed E-state index contributed by atoms with van der Waals surface area (Å²) in [6, 6.07) is 0. The summed E-state index contributed by atoms with van der Waals surface area (Å²) in [4.78, 5) is 0. The minimum atomic E-state index is 0.584. The van der Waals surface area contributed by atoms with Gasteiger partial charge in [-0.1, -0.05) is 39.3 Å². The van der Waals surface area contributed by atoms with Crippen LogP contribution < -0.4 is 0 Å². The van der Waals surface area contributed by atoms with E-state index in [1.807, 2.05) is 0 Å². The highest BCUT2D eigenvalue weighted by atomic mass is 14.7. The third-order valence-electron chi connectivity index (χ3n) is 8.36. The van der Waals surface area contributed by atoms with Crippen LogP contribution in [0.15, 0.2) is 12.2 Å². The van der Waals surface area contributed by atoms with Crippen molar-refractivity contribution < 1.29 is 0 Å². The Morgan fingerprint density at radius 3 is 2.55 bits per heavy atom. The largest absolute Gasteiger partial charge is 0.0996 e. The van der Waals surface area contributed by atoms with Crippen LogP contribution in [0.25, 0.3) is 0 Å². The molecule has 0 radical (unpaired) electrons. The minimum Gasteiger partial charge on any atom is -0.0996 e. The van der Waals surface area contributed by atoms with Crippen LogP contribution in [0.2, 0.25) is 0 Å². The number of hydrogen-bond donors (Lipinski definition) is 0. The van der Waals surface area contributed by atoms with E-state index in [-0.39, 0.29) is 0 Å². The van der Waals surface area contributed by atoms with Gasteiger partial charge in [0, 0.05) is 0 Å². The molecule has 0 heterocycles. The van der Waals surface area contributed by atoms with Crippen molar-refractivity contribution in [2.24, 2.45) is 34.0 Å². The third kappa shape index (κ3) is 1.54. The van der Waals surface area contributed by atoms with E-state index in [0.29, 0.717) is 16.2 Å². The van der Waals surface area contributed by atoms with Crippen molar-refractivity contribution in [1.82, 2.24) is 0 Å². The van der Waals surface area contributed by atoms with Crippen LogP contribution in [-0.4, -0.2) is 0 Å². The molecule has 0 saturated heterocycles. The third-order valence-corrected chi connectivity index (χ3v) is 8.36. The average molecular weight is 272 g/mol. The normalized spacial score (nSPS) is 53.4. The van der Waals surface area contributed by atoms with Gasteiger partial charge in [0.1, 0.15) is 0 Å². The Kier molecular flexibility index (Phi) is 2.63. The standard InChI is InChI=1S/C20H32/c1-14-12-20-11-8-16-18(2,3)9-5-10-19(16,4)17(20)7-6-15(14)13-20/h15-17H,1,5-13H2,2-4H3/t15-,16-,17-,19-,20-/m0/s1. The minimum absolute atomic E-state index is 0.584. The van der Waals surface area contributed by atoms with Gasteiger partial charge in [-0.2, -0.15) is 0 Å². The fourth-order valence-electron chi connectivity index (χ4n) is 7.68. The van der Waals surface area contributed by atoms with Gasteiger partial charge in [-0.15, -0.1) is 0 Å². The van der Waals surface area contributed by atoms with Crippen LogP contribution in [0.3, 0.4) is 0 Å². The summed E-state index contributed by atoms with van der Waals surface area (Å²) in [5.74, 6) is 2.87. The number of hydrogen-bond acceptors (Lipinski definition) is 0. The topological polar surface area (TPSA) is 0 Å². The van der Waals surface area contributed by atoms with Crippen LogP contribution in [0.5, 0.6) is 0 Å². The Hall–Kier alpha value is -0.260. The van der Waals surface area contributed by atoms with E-state index < -0.39 is 0 Å². The van der Waals surface area contributed by atoms with Crippen molar-refractivity contribution in [2.75, 3.05) is 0 Å². The van der Waals surface area contributed by atoms with E-state index in [1.54, 1.807) is 5.57 Å². The van der Waals surface area contributed by atoms with E-state index in [2.05, 4.69) is 27.4 Å². The number of rotatable bonds is 0. The lowest BCUT2D eigenvalue weighted by atomic mass is 9.41. The lowest BCUT2D eigenvalue weighted by molar-refractivity contribution is -0.144. The van der Waals surface area contributed by atoms with Gasteiger partial charge in [-0.25, -0.2) is 0 Å². The van der Waals surface area contributed by atoms with Gasteiger partial charge in [0.05, 0.1) is 0 Å². The van der Waals surface area contributed by atoms with Gasteiger partial charge in [0.2, 0.25) is 0 Å². The summed E-state index contributed by atoms with van der Waals surface area (Å²) >= 11 is 0. The molecule has 0 heteroatoms. The summed E-state index contributed by atoms with van der Waals surface area (Å²) in [7, 11) is 0. The summed E-state index contributed by atoms with van der Waals surface area (Å²) in [6.07, 6.45) is 13.3. The summed E-state index contributed by atoms with van der Waals surface area (Å²) < 4.78 is 0. The highest BCUT2D eigenvalue weighted by Gasteiger charge is 2.62. The molecule has 20 heavy (non-hydrogen) atoms.